The Balaban J connectivity index is 1.96. The molecule has 0 saturated carbocycles. The molecule has 1 aliphatic heterocycles. The Morgan fingerprint density at radius 3 is 2.50 bits per heavy atom. The molecular formula is C19H24BNO5. The third-order valence-electron chi connectivity index (χ3n) is 5.20. The standard InChI is InChI=1S/C19H24BNO5/c1-18(2)19(3,4)26-20(25-18)13(11-22)8-12-6-7-16-14(9-12)15(10-21-16)17(23)24-5/h6-10,21-22H,11H2,1-5H3. The zero-order chi connectivity index (χ0) is 19.1. The number of carbonyl (C=O) groups is 1. The molecule has 2 N–H and O–H groups in total. The molecule has 2 heterocycles. The molecule has 1 fully saturated rings. The van der Waals surface area contributed by atoms with E-state index in [2.05, 4.69) is 4.98 Å². The summed E-state index contributed by atoms with van der Waals surface area (Å²) in [6, 6.07) is 5.66. The second-order valence-electron chi connectivity index (χ2n) is 7.46. The molecule has 0 aliphatic carbocycles. The first-order chi connectivity index (χ1) is 12.2. The highest BCUT2D eigenvalue weighted by molar-refractivity contribution is 6.55. The van der Waals surface area contributed by atoms with Gasteiger partial charge in [-0.05, 0) is 50.9 Å². The fraction of sp³-hybridized carbons (Fsp3) is 0.421. The molecule has 0 atom stereocenters. The summed E-state index contributed by atoms with van der Waals surface area (Å²) in [5, 5.41) is 10.6. The average molecular weight is 357 g/mol. The Kier molecular flexibility index (Phi) is 4.73. The van der Waals surface area contributed by atoms with E-state index in [4.69, 9.17) is 14.0 Å². The molecule has 6 nitrogen and oxygen atoms in total. The second kappa shape index (κ2) is 6.57. The summed E-state index contributed by atoms with van der Waals surface area (Å²) in [4.78, 5) is 14.9. The number of rotatable bonds is 4. The molecule has 26 heavy (non-hydrogen) atoms. The molecule has 138 valence electrons. The van der Waals surface area contributed by atoms with E-state index in [0.29, 0.717) is 11.0 Å². The van der Waals surface area contributed by atoms with E-state index in [0.717, 1.165) is 16.5 Å². The molecule has 0 unspecified atom stereocenters. The van der Waals surface area contributed by atoms with Crippen LogP contribution in [-0.4, -0.2) is 48.1 Å². The van der Waals surface area contributed by atoms with E-state index in [1.54, 1.807) is 6.20 Å². The van der Waals surface area contributed by atoms with Gasteiger partial charge in [-0.3, -0.25) is 0 Å². The SMILES string of the molecule is COC(=O)c1c[nH]c2ccc(C=C(CO)B3OC(C)(C)C(C)(C)O3)cc12. The highest BCUT2D eigenvalue weighted by atomic mass is 16.7. The largest absolute Gasteiger partial charge is 0.492 e. The number of fused-ring (bicyclic) bond motifs is 1. The van der Waals surface area contributed by atoms with Crippen LogP contribution in [0.15, 0.2) is 29.9 Å². The molecule has 3 rings (SSSR count). The Morgan fingerprint density at radius 1 is 1.27 bits per heavy atom. The van der Waals surface area contributed by atoms with Crippen molar-refractivity contribution < 1.29 is 23.9 Å². The summed E-state index contributed by atoms with van der Waals surface area (Å²) < 4.78 is 16.8. The normalized spacial score (nSPS) is 19.2. The third-order valence-corrected chi connectivity index (χ3v) is 5.20. The van der Waals surface area contributed by atoms with Crippen LogP contribution in [0.4, 0.5) is 0 Å². The lowest BCUT2D eigenvalue weighted by Gasteiger charge is -2.32. The molecule has 1 aromatic carbocycles. The van der Waals surface area contributed by atoms with Gasteiger partial charge in [0.2, 0.25) is 0 Å². The maximum Gasteiger partial charge on any atom is 0.492 e. The first-order valence-corrected chi connectivity index (χ1v) is 8.55. The van der Waals surface area contributed by atoms with Crippen molar-refractivity contribution in [3.63, 3.8) is 0 Å². The first kappa shape index (κ1) is 18.7. The Labute approximate surface area is 153 Å². The van der Waals surface area contributed by atoms with Gasteiger partial charge in [0.15, 0.2) is 0 Å². The minimum absolute atomic E-state index is 0.189. The molecular weight excluding hydrogens is 333 g/mol. The number of hydrogen-bond acceptors (Lipinski definition) is 5. The molecule has 1 saturated heterocycles. The molecule has 0 spiro atoms. The van der Waals surface area contributed by atoms with E-state index in [1.807, 2.05) is 52.0 Å². The van der Waals surface area contributed by atoms with Crippen molar-refractivity contribution in [1.29, 1.82) is 0 Å². The lowest BCUT2D eigenvalue weighted by atomic mass is 9.77. The summed E-state index contributed by atoms with van der Waals surface area (Å²) in [6.45, 7) is 7.69. The zero-order valence-corrected chi connectivity index (χ0v) is 15.8. The number of methoxy groups -OCH3 is 1. The van der Waals surface area contributed by atoms with Crippen molar-refractivity contribution in [2.24, 2.45) is 0 Å². The van der Waals surface area contributed by atoms with Crippen molar-refractivity contribution in [3.05, 3.63) is 41.0 Å². The predicted octanol–water partition coefficient (Wildman–Crippen LogP) is 2.96. The van der Waals surface area contributed by atoms with Gasteiger partial charge in [-0.15, -0.1) is 0 Å². The summed E-state index contributed by atoms with van der Waals surface area (Å²) in [5.41, 5.74) is 1.81. The molecule has 7 heteroatoms. The number of benzene rings is 1. The fourth-order valence-electron chi connectivity index (χ4n) is 2.90. The predicted molar refractivity (Wildman–Crippen MR) is 101 cm³/mol. The van der Waals surface area contributed by atoms with Gasteiger partial charge in [-0.2, -0.15) is 0 Å². The van der Waals surface area contributed by atoms with E-state index in [9.17, 15) is 9.90 Å². The Hall–Kier alpha value is -2.09. The van der Waals surface area contributed by atoms with E-state index < -0.39 is 24.3 Å². The van der Waals surface area contributed by atoms with E-state index >= 15 is 0 Å². The summed E-state index contributed by atoms with van der Waals surface area (Å²) in [5.74, 6) is -0.397. The number of esters is 1. The van der Waals surface area contributed by atoms with E-state index in [-0.39, 0.29) is 6.61 Å². The zero-order valence-electron chi connectivity index (χ0n) is 15.8. The smallest absolute Gasteiger partial charge is 0.465 e. The summed E-state index contributed by atoms with van der Waals surface area (Å²) in [7, 11) is 0.736. The first-order valence-electron chi connectivity index (χ1n) is 8.55. The van der Waals surface area contributed by atoms with Crippen molar-refractivity contribution >= 4 is 30.1 Å². The van der Waals surface area contributed by atoms with Gasteiger partial charge in [-0.1, -0.05) is 12.1 Å². The Morgan fingerprint density at radius 2 is 1.92 bits per heavy atom. The third kappa shape index (κ3) is 3.18. The van der Waals surface area contributed by atoms with Crippen LogP contribution in [0.25, 0.3) is 17.0 Å². The minimum atomic E-state index is -0.619. The van der Waals surface area contributed by atoms with Crippen LogP contribution in [0.3, 0.4) is 0 Å². The molecule has 1 aliphatic rings. The van der Waals surface area contributed by atoms with Crippen LogP contribution < -0.4 is 0 Å². The van der Waals surface area contributed by atoms with Gasteiger partial charge in [0.25, 0.3) is 0 Å². The number of aliphatic hydroxyl groups is 1. The summed E-state index contributed by atoms with van der Waals surface area (Å²) in [6.07, 6.45) is 3.46. The van der Waals surface area contributed by atoms with E-state index in [1.165, 1.54) is 7.11 Å². The van der Waals surface area contributed by atoms with Gasteiger partial charge in [0.05, 0.1) is 30.5 Å². The van der Waals surface area contributed by atoms with Crippen LogP contribution in [0.1, 0.15) is 43.6 Å². The van der Waals surface area contributed by atoms with Gasteiger partial charge in [0.1, 0.15) is 0 Å². The monoisotopic (exact) mass is 357 g/mol. The second-order valence-corrected chi connectivity index (χ2v) is 7.46. The number of aromatic nitrogens is 1. The van der Waals surface area contributed by atoms with Crippen LogP contribution in [0.2, 0.25) is 0 Å². The number of carbonyl (C=O) groups excluding carboxylic acids is 1. The van der Waals surface area contributed by atoms with Crippen LogP contribution in [0.5, 0.6) is 0 Å². The lowest BCUT2D eigenvalue weighted by molar-refractivity contribution is 0.00578. The molecule has 0 bridgehead atoms. The quantitative estimate of drug-likeness (QED) is 0.650. The number of nitrogens with one attached hydrogen (secondary N) is 1. The van der Waals surface area contributed by atoms with Crippen molar-refractivity contribution in [3.8, 4) is 0 Å². The lowest BCUT2D eigenvalue weighted by Crippen LogP contribution is -2.41. The van der Waals surface area contributed by atoms with Crippen LogP contribution >= 0.6 is 0 Å². The number of aliphatic hydroxyl groups excluding tert-OH is 1. The molecule has 0 amide bonds. The maximum absolute atomic E-state index is 11.9. The maximum atomic E-state index is 11.9. The highest BCUT2D eigenvalue weighted by Gasteiger charge is 2.52. The average Bonchev–Trinajstić information content (AvgIpc) is 3.09. The number of ether oxygens (including phenoxy) is 1. The van der Waals surface area contributed by atoms with Crippen molar-refractivity contribution in [1.82, 2.24) is 4.98 Å². The topological polar surface area (TPSA) is 80.8 Å². The summed E-state index contributed by atoms with van der Waals surface area (Å²) >= 11 is 0. The van der Waals surface area contributed by atoms with Gasteiger partial charge < -0.3 is 24.1 Å². The fourth-order valence-corrected chi connectivity index (χ4v) is 2.90. The highest BCUT2D eigenvalue weighted by Crippen LogP contribution is 2.38. The Bertz CT molecular complexity index is 852. The van der Waals surface area contributed by atoms with Gasteiger partial charge >= 0.3 is 13.1 Å². The minimum Gasteiger partial charge on any atom is -0.465 e. The van der Waals surface area contributed by atoms with Gasteiger partial charge in [-0.25, -0.2) is 4.79 Å². The van der Waals surface area contributed by atoms with Crippen LogP contribution in [0, 0.1) is 0 Å². The molecule has 0 radical (unpaired) electrons. The van der Waals surface area contributed by atoms with Crippen molar-refractivity contribution in [2.45, 2.75) is 38.9 Å². The number of H-pyrrole nitrogens is 1. The van der Waals surface area contributed by atoms with Gasteiger partial charge in [0, 0.05) is 17.1 Å². The molecule has 2 aromatic rings. The number of aromatic amines is 1. The van der Waals surface area contributed by atoms with Crippen molar-refractivity contribution in [2.75, 3.05) is 13.7 Å². The number of hydrogen-bond donors (Lipinski definition) is 2. The molecule has 1 aromatic heterocycles. The van der Waals surface area contributed by atoms with Crippen LogP contribution in [-0.2, 0) is 14.0 Å².